The van der Waals surface area contributed by atoms with E-state index in [1.165, 1.54) is 0 Å². The summed E-state index contributed by atoms with van der Waals surface area (Å²) in [5, 5.41) is 20.2. The van der Waals surface area contributed by atoms with E-state index >= 15 is 0 Å². The Kier molecular flexibility index (Phi) is 5.44. The molecule has 6 atom stereocenters. The first kappa shape index (κ1) is 16.1. The largest absolute Gasteiger partial charge is 0.462 e. The molecule has 0 aromatic carbocycles. The quantitative estimate of drug-likeness (QED) is 0.459. The number of carbonyl (C=O) groups is 1. The highest BCUT2D eigenvalue weighted by atomic mass is 16.6. The molecule has 1 saturated heterocycles. The smallest absolute Gasteiger partial charge is 0.306 e. The molecule has 21 heavy (non-hydrogen) atoms. The maximum atomic E-state index is 11.3. The van der Waals surface area contributed by atoms with E-state index in [1.807, 2.05) is 19.9 Å². The van der Waals surface area contributed by atoms with Crippen LogP contribution < -0.4 is 0 Å². The van der Waals surface area contributed by atoms with Crippen LogP contribution in [-0.4, -0.2) is 34.5 Å². The van der Waals surface area contributed by atoms with Crippen LogP contribution in [0.15, 0.2) is 12.2 Å². The van der Waals surface area contributed by atoms with Gasteiger partial charge in [-0.1, -0.05) is 19.1 Å². The summed E-state index contributed by atoms with van der Waals surface area (Å²) >= 11 is 0. The molecule has 2 fully saturated rings. The van der Waals surface area contributed by atoms with Crippen molar-refractivity contribution < 1.29 is 19.7 Å². The van der Waals surface area contributed by atoms with Gasteiger partial charge in [0.05, 0.1) is 18.6 Å². The van der Waals surface area contributed by atoms with Crippen LogP contribution in [0.5, 0.6) is 0 Å². The molecule has 116 valence electrons. The third-order valence-corrected chi connectivity index (χ3v) is 4.59. The van der Waals surface area contributed by atoms with Crippen LogP contribution in [0.25, 0.3) is 0 Å². The summed E-state index contributed by atoms with van der Waals surface area (Å²) in [7, 11) is 0. The fourth-order valence-corrected chi connectivity index (χ4v) is 3.21. The molecule has 1 aliphatic heterocycles. The van der Waals surface area contributed by atoms with E-state index in [2.05, 4.69) is 11.8 Å². The molecule has 0 bridgehead atoms. The lowest BCUT2D eigenvalue weighted by molar-refractivity contribution is -0.141. The topological polar surface area (TPSA) is 66.8 Å². The van der Waals surface area contributed by atoms with Crippen LogP contribution in [0.4, 0.5) is 0 Å². The number of ether oxygens (including phenoxy) is 1. The molecule has 1 heterocycles. The second-order valence-corrected chi connectivity index (χ2v) is 6.09. The van der Waals surface area contributed by atoms with Gasteiger partial charge in [0.1, 0.15) is 6.10 Å². The molecule has 0 spiro atoms. The minimum atomic E-state index is -0.548. The van der Waals surface area contributed by atoms with Gasteiger partial charge in [-0.15, -0.1) is 11.8 Å². The Morgan fingerprint density at radius 2 is 2.29 bits per heavy atom. The number of carbonyl (C=O) groups excluding carboxylic acids is 1. The predicted molar refractivity (Wildman–Crippen MR) is 79.1 cm³/mol. The Hall–Kier alpha value is -1.31. The zero-order valence-corrected chi connectivity index (χ0v) is 12.7. The first-order valence-electron chi connectivity index (χ1n) is 7.66. The van der Waals surface area contributed by atoms with Crippen molar-refractivity contribution in [2.75, 3.05) is 0 Å². The minimum Gasteiger partial charge on any atom is -0.462 e. The molecule has 2 aliphatic rings. The van der Waals surface area contributed by atoms with E-state index in [0.717, 1.165) is 12.8 Å². The van der Waals surface area contributed by atoms with E-state index in [-0.39, 0.29) is 29.8 Å². The molecule has 4 nitrogen and oxygen atoms in total. The van der Waals surface area contributed by atoms with Crippen molar-refractivity contribution in [3.05, 3.63) is 12.2 Å². The highest BCUT2D eigenvalue weighted by Crippen LogP contribution is 2.42. The molecule has 2 N–H and O–H groups in total. The zero-order chi connectivity index (χ0) is 15.4. The van der Waals surface area contributed by atoms with Gasteiger partial charge in [0, 0.05) is 24.7 Å². The monoisotopic (exact) mass is 292 g/mol. The van der Waals surface area contributed by atoms with Crippen LogP contribution in [-0.2, 0) is 9.53 Å². The van der Waals surface area contributed by atoms with Gasteiger partial charge in [-0.3, -0.25) is 4.79 Å². The summed E-state index contributed by atoms with van der Waals surface area (Å²) < 4.78 is 5.20. The number of hydrogen-bond acceptors (Lipinski definition) is 4. The molecule has 0 aromatic heterocycles. The van der Waals surface area contributed by atoms with Crippen molar-refractivity contribution in [3.8, 4) is 11.8 Å². The summed E-state index contributed by atoms with van der Waals surface area (Å²) in [5.74, 6) is 5.74. The number of hydrogen-bond donors (Lipinski definition) is 2. The van der Waals surface area contributed by atoms with Crippen LogP contribution in [0.1, 0.15) is 39.5 Å². The van der Waals surface area contributed by atoms with Gasteiger partial charge in [0.25, 0.3) is 0 Å². The van der Waals surface area contributed by atoms with Crippen molar-refractivity contribution in [2.24, 2.45) is 17.8 Å². The molecule has 1 saturated carbocycles. The molecule has 2 rings (SSSR count). The van der Waals surface area contributed by atoms with Crippen LogP contribution in [0, 0.1) is 29.6 Å². The lowest BCUT2D eigenvalue weighted by Gasteiger charge is -2.18. The molecule has 0 amide bonds. The van der Waals surface area contributed by atoms with Gasteiger partial charge in [-0.25, -0.2) is 0 Å². The Balaban J connectivity index is 1.89. The lowest BCUT2D eigenvalue weighted by atomic mass is 9.90. The predicted octanol–water partition coefficient (Wildman–Crippen LogP) is 1.66. The van der Waals surface area contributed by atoms with Crippen molar-refractivity contribution in [1.29, 1.82) is 0 Å². The van der Waals surface area contributed by atoms with Crippen molar-refractivity contribution >= 4 is 5.97 Å². The second kappa shape index (κ2) is 7.11. The number of fused-ring (bicyclic) bond motifs is 1. The van der Waals surface area contributed by atoms with Crippen molar-refractivity contribution in [2.45, 2.75) is 57.8 Å². The molecule has 0 unspecified atom stereocenters. The third kappa shape index (κ3) is 3.87. The van der Waals surface area contributed by atoms with E-state index in [0.29, 0.717) is 12.8 Å². The molecule has 1 aliphatic carbocycles. The van der Waals surface area contributed by atoms with Gasteiger partial charge in [-0.05, 0) is 19.3 Å². The summed E-state index contributed by atoms with van der Waals surface area (Å²) in [6, 6.07) is 0. The molecule has 0 aromatic rings. The van der Waals surface area contributed by atoms with E-state index in [9.17, 15) is 15.0 Å². The first-order chi connectivity index (χ1) is 10.0. The lowest BCUT2D eigenvalue weighted by Crippen LogP contribution is -2.20. The standard InChI is InChI=1S/C17H24O4/c1-3-4-5-6-11(2)14(18)8-7-12-13-9-17(20)21-16(13)10-15(12)19/h7-8,11-16,18-19H,5-6,9-10H2,1-2H3/b8-7+/t11-,12+,13+,14+,15+,16-/m0/s1. The highest BCUT2D eigenvalue weighted by Gasteiger charge is 2.48. The summed E-state index contributed by atoms with van der Waals surface area (Å²) in [5.41, 5.74) is 0. The molecular formula is C17H24O4. The maximum absolute atomic E-state index is 11.3. The van der Waals surface area contributed by atoms with Crippen LogP contribution >= 0.6 is 0 Å². The first-order valence-corrected chi connectivity index (χ1v) is 7.66. The number of rotatable bonds is 5. The fourth-order valence-electron chi connectivity index (χ4n) is 3.21. The normalized spacial score (nSPS) is 34.2. The second-order valence-electron chi connectivity index (χ2n) is 6.09. The average Bonchev–Trinajstić information content (AvgIpc) is 2.91. The number of aliphatic hydroxyl groups excluding tert-OH is 2. The zero-order valence-electron chi connectivity index (χ0n) is 12.7. The molecule has 4 heteroatoms. The average molecular weight is 292 g/mol. The van der Waals surface area contributed by atoms with E-state index in [1.54, 1.807) is 6.08 Å². The fraction of sp³-hybridized carbons (Fsp3) is 0.706. The summed E-state index contributed by atoms with van der Waals surface area (Å²) in [4.78, 5) is 11.3. The minimum absolute atomic E-state index is 0.0530. The number of esters is 1. The van der Waals surface area contributed by atoms with Crippen LogP contribution in [0.2, 0.25) is 0 Å². The molecule has 0 radical (unpaired) electrons. The van der Waals surface area contributed by atoms with Crippen molar-refractivity contribution in [3.63, 3.8) is 0 Å². The van der Waals surface area contributed by atoms with Crippen molar-refractivity contribution in [1.82, 2.24) is 0 Å². The van der Waals surface area contributed by atoms with Gasteiger partial charge in [-0.2, -0.15) is 0 Å². The highest BCUT2D eigenvalue weighted by molar-refractivity contribution is 5.72. The molecular weight excluding hydrogens is 268 g/mol. The van der Waals surface area contributed by atoms with Gasteiger partial charge < -0.3 is 14.9 Å². The Morgan fingerprint density at radius 1 is 1.52 bits per heavy atom. The Morgan fingerprint density at radius 3 is 3.00 bits per heavy atom. The van der Waals surface area contributed by atoms with E-state index < -0.39 is 12.2 Å². The van der Waals surface area contributed by atoms with Gasteiger partial charge in [0.2, 0.25) is 0 Å². The van der Waals surface area contributed by atoms with Gasteiger partial charge >= 0.3 is 5.97 Å². The maximum Gasteiger partial charge on any atom is 0.306 e. The third-order valence-electron chi connectivity index (χ3n) is 4.59. The van der Waals surface area contributed by atoms with Gasteiger partial charge in [0.15, 0.2) is 0 Å². The van der Waals surface area contributed by atoms with E-state index in [4.69, 9.17) is 4.74 Å². The number of aliphatic hydroxyl groups is 2. The SMILES string of the molecule is CC#CCC[C@H](C)[C@H](O)/C=C/[C@@H]1[C@H]2CC(=O)O[C@H]2C[C@H]1O. The summed E-state index contributed by atoms with van der Waals surface area (Å²) in [6.45, 7) is 3.80. The summed E-state index contributed by atoms with van der Waals surface area (Å²) in [6.07, 6.45) is 4.92. The Bertz CT molecular complexity index is 459. The Labute approximate surface area is 126 Å². The van der Waals surface area contributed by atoms with Crippen LogP contribution in [0.3, 0.4) is 0 Å².